The second kappa shape index (κ2) is 15.5. The highest BCUT2D eigenvalue weighted by Crippen LogP contribution is 2.47. The lowest BCUT2D eigenvalue weighted by Crippen LogP contribution is -2.39. The molecule has 45 heavy (non-hydrogen) atoms. The molecule has 0 aliphatic carbocycles. The minimum Gasteiger partial charge on any atom is -0.467 e. The van der Waals surface area contributed by atoms with Gasteiger partial charge in [0.1, 0.15) is 11.5 Å². The normalized spacial score (nSPS) is 18.3. The van der Waals surface area contributed by atoms with Crippen molar-refractivity contribution in [2.45, 2.75) is 69.8 Å². The number of piperidine rings is 1. The number of aryl methyl sites for hydroxylation is 1. The van der Waals surface area contributed by atoms with Crippen LogP contribution in [0.1, 0.15) is 63.0 Å². The first-order valence-corrected chi connectivity index (χ1v) is 20.0. The first-order valence-electron chi connectivity index (χ1n) is 15.7. The van der Waals surface area contributed by atoms with E-state index in [-0.39, 0.29) is 18.0 Å². The molecule has 246 valence electrons. The van der Waals surface area contributed by atoms with E-state index in [1.54, 1.807) is 0 Å². The topological polar surface area (TPSA) is 133 Å². The van der Waals surface area contributed by atoms with Gasteiger partial charge in [-0.05, 0) is 60.6 Å². The van der Waals surface area contributed by atoms with E-state index in [0.29, 0.717) is 31.0 Å². The lowest BCUT2D eigenvalue weighted by molar-refractivity contribution is 0.170. The average molecular weight is 678 g/mol. The molecule has 1 unspecified atom stereocenters. The number of rotatable bonds is 15. The van der Waals surface area contributed by atoms with Crippen molar-refractivity contribution in [2.75, 3.05) is 50.7 Å². The second-order valence-electron chi connectivity index (χ2n) is 11.6. The van der Waals surface area contributed by atoms with Crippen LogP contribution in [0.5, 0.6) is 5.19 Å². The highest BCUT2D eigenvalue weighted by molar-refractivity contribution is 7.92. The molecule has 0 spiro atoms. The summed E-state index contributed by atoms with van der Waals surface area (Å²) in [6.07, 6.45) is 12.3. The molecule has 2 aromatic heterocycles. The van der Waals surface area contributed by atoms with Crippen molar-refractivity contribution in [3.05, 3.63) is 47.8 Å². The Labute approximate surface area is 270 Å². The standard InChI is InChI=1S/C31H44N5O6PS2/c1-4-8-23-21-33-30(34-22-23)36-15-12-26(13-16-36)42-31-35-27-10-9-24(19-28(27)44-31)25-11-14-32-29(20-25)45(38,39)18-7-5-6-17-43(37,40-2)41-3/h9-10,19-22,26,29,32H,4-8,11-18H2,1-3H3. The number of sulfone groups is 1. The van der Waals surface area contributed by atoms with Crippen molar-refractivity contribution >= 4 is 50.5 Å². The summed E-state index contributed by atoms with van der Waals surface area (Å²) in [5, 5.41) is 3.09. The van der Waals surface area contributed by atoms with Crippen LogP contribution in [-0.2, 0) is 29.9 Å². The molecular formula is C31H44N5O6PS2. The van der Waals surface area contributed by atoms with E-state index in [4.69, 9.17) is 18.8 Å². The van der Waals surface area contributed by atoms with E-state index in [1.807, 2.05) is 30.6 Å². The van der Waals surface area contributed by atoms with Gasteiger partial charge in [-0.25, -0.2) is 23.4 Å². The molecule has 2 aliphatic heterocycles. The Kier molecular flexibility index (Phi) is 11.7. The van der Waals surface area contributed by atoms with Crippen LogP contribution in [-0.4, -0.2) is 80.6 Å². The van der Waals surface area contributed by atoms with Crippen LogP contribution < -0.4 is 15.0 Å². The smallest absolute Gasteiger partial charge is 0.330 e. The van der Waals surface area contributed by atoms with Gasteiger partial charge < -0.3 is 18.7 Å². The molecule has 1 atom stereocenters. The molecular weight excluding hydrogens is 633 g/mol. The van der Waals surface area contributed by atoms with E-state index >= 15 is 0 Å². The van der Waals surface area contributed by atoms with Gasteiger partial charge in [-0.15, -0.1) is 0 Å². The van der Waals surface area contributed by atoms with Crippen LogP contribution in [0.25, 0.3) is 15.8 Å². The molecule has 0 radical (unpaired) electrons. The van der Waals surface area contributed by atoms with E-state index in [9.17, 15) is 13.0 Å². The maximum absolute atomic E-state index is 13.1. The number of hydrogen-bond donors (Lipinski definition) is 1. The van der Waals surface area contributed by atoms with Gasteiger partial charge in [-0.1, -0.05) is 37.2 Å². The molecule has 2 aliphatic rings. The molecule has 3 aromatic rings. The fourth-order valence-electron chi connectivity index (χ4n) is 5.71. The Morgan fingerprint density at radius 2 is 1.84 bits per heavy atom. The minimum atomic E-state index is -3.39. The highest BCUT2D eigenvalue weighted by Gasteiger charge is 2.27. The van der Waals surface area contributed by atoms with Crippen molar-refractivity contribution < 1.29 is 26.8 Å². The van der Waals surface area contributed by atoms with Gasteiger partial charge in [0.25, 0.3) is 5.19 Å². The Morgan fingerprint density at radius 3 is 2.56 bits per heavy atom. The second-order valence-corrected chi connectivity index (χ2v) is 17.2. The number of benzene rings is 1. The zero-order chi connectivity index (χ0) is 31.9. The lowest BCUT2D eigenvalue weighted by Gasteiger charge is -2.31. The first kappa shape index (κ1) is 33.9. The number of ether oxygens (including phenoxy) is 1. The molecule has 4 heterocycles. The van der Waals surface area contributed by atoms with E-state index in [2.05, 4.69) is 33.2 Å². The zero-order valence-electron chi connectivity index (χ0n) is 26.3. The van der Waals surface area contributed by atoms with Gasteiger partial charge >= 0.3 is 7.60 Å². The van der Waals surface area contributed by atoms with Crippen molar-refractivity contribution in [1.82, 2.24) is 20.3 Å². The molecule has 1 N–H and O–H groups in total. The SMILES string of the molecule is CCCc1cnc(N2CCC(Oc3nc4ccc(C5=CC(S(=O)(=O)CCCCCP(=O)(OC)OC)NCC5)cc4s3)CC2)nc1. The van der Waals surface area contributed by atoms with Crippen LogP contribution in [0.2, 0.25) is 0 Å². The quantitative estimate of drug-likeness (QED) is 0.153. The van der Waals surface area contributed by atoms with Crippen molar-refractivity contribution in [3.8, 4) is 5.19 Å². The molecule has 14 heteroatoms. The highest BCUT2D eigenvalue weighted by atomic mass is 32.2. The maximum Gasteiger partial charge on any atom is 0.330 e. The summed E-state index contributed by atoms with van der Waals surface area (Å²) in [4.78, 5) is 16.1. The monoisotopic (exact) mass is 677 g/mol. The predicted octanol–water partition coefficient (Wildman–Crippen LogP) is 5.86. The largest absolute Gasteiger partial charge is 0.467 e. The number of nitrogens with one attached hydrogen (secondary N) is 1. The van der Waals surface area contributed by atoms with Gasteiger partial charge in [0.05, 0.1) is 22.1 Å². The summed E-state index contributed by atoms with van der Waals surface area (Å²) in [5.74, 6) is 0.839. The summed E-state index contributed by atoms with van der Waals surface area (Å²) in [5.41, 5.74) is 4.07. The third kappa shape index (κ3) is 8.90. The lowest BCUT2D eigenvalue weighted by atomic mass is 10.0. The Morgan fingerprint density at radius 1 is 1.09 bits per heavy atom. The van der Waals surface area contributed by atoms with Gasteiger partial charge in [0, 0.05) is 59.1 Å². The van der Waals surface area contributed by atoms with Crippen LogP contribution in [0, 0.1) is 0 Å². The average Bonchev–Trinajstić information content (AvgIpc) is 3.47. The molecule has 0 bridgehead atoms. The molecule has 1 fully saturated rings. The van der Waals surface area contributed by atoms with Crippen molar-refractivity contribution in [1.29, 1.82) is 0 Å². The zero-order valence-corrected chi connectivity index (χ0v) is 28.8. The third-order valence-electron chi connectivity index (χ3n) is 8.36. The Bertz CT molecular complexity index is 1600. The number of nitrogens with zero attached hydrogens (tertiary/aromatic N) is 4. The molecule has 1 aromatic carbocycles. The van der Waals surface area contributed by atoms with Gasteiger partial charge in [0.2, 0.25) is 5.95 Å². The van der Waals surface area contributed by atoms with E-state index in [0.717, 1.165) is 72.5 Å². The Hall–Kier alpha value is -2.41. The summed E-state index contributed by atoms with van der Waals surface area (Å²) in [6, 6.07) is 6.09. The Balaban J connectivity index is 1.15. The van der Waals surface area contributed by atoms with Crippen molar-refractivity contribution in [3.63, 3.8) is 0 Å². The van der Waals surface area contributed by atoms with Crippen LogP contribution in [0.4, 0.5) is 5.95 Å². The van der Waals surface area contributed by atoms with Gasteiger partial charge in [-0.3, -0.25) is 9.88 Å². The molecule has 11 nitrogen and oxygen atoms in total. The number of aromatic nitrogens is 3. The fourth-order valence-corrected chi connectivity index (χ4v) is 9.36. The third-order valence-corrected chi connectivity index (χ3v) is 13.2. The number of thiazole rings is 1. The minimum absolute atomic E-state index is 0.0600. The molecule has 0 amide bonds. The maximum atomic E-state index is 13.1. The molecule has 0 saturated carbocycles. The van der Waals surface area contributed by atoms with Crippen LogP contribution >= 0.6 is 18.9 Å². The number of hydrogen-bond acceptors (Lipinski definition) is 12. The van der Waals surface area contributed by atoms with Gasteiger partial charge in [0.15, 0.2) is 9.84 Å². The first-order chi connectivity index (χ1) is 21.7. The number of unbranched alkanes of at least 4 members (excludes halogenated alkanes) is 2. The summed E-state index contributed by atoms with van der Waals surface area (Å²) in [7, 11) is -3.73. The molecule has 5 rings (SSSR count). The number of anilines is 1. The van der Waals surface area contributed by atoms with Crippen molar-refractivity contribution in [2.24, 2.45) is 0 Å². The molecule has 1 saturated heterocycles. The predicted molar refractivity (Wildman–Crippen MR) is 180 cm³/mol. The fraction of sp³-hybridized carbons (Fsp3) is 0.581. The van der Waals surface area contributed by atoms with Crippen LogP contribution in [0.15, 0.2) is 36.7 Å². The van der Waals surface area contributed by atoms with Crippen LogP contribution in [0.3, 0.4) is 0 Å². The summed E-state index contributed by atoms with van der Waals surface area (Å²) in [6.45, 7) is 4.41. The van der Waals surface area contributed by atoms with Gasteiger partial charge in [-0.2, -0.15) is 0 Å². The number of fused-ring (bicyclic) bond motifs is 1. The summed E-state index contributed by atoms with van der Waals surface area (Å²) >= 11 is 1.53. The summed E-state index contributed by atoms with van der Waals surface area (Å²) < 4.78 is 55.7. The van der Waals surface area contributed by atoms with E-state index in [1.165, 1.54) is 31.1 Å². The van der Waals surface area contributed by atoms with E-state index < -0.39 is 22.8 Å².